The summed E-state index contributed by atoms with van der Waals surface area (Å²) in [5, 5.41) is 7.98. The van der Waals surface area contributed by atoms with Gasteiger partial charge in [0.1, 0.15) is 11.2 Å². The fraction of sp³-hybridized carbons (Fsp3) is 0. The maximum Gasteiger partial charge on any atom is 0.235 e. The van der Waals surface area contributed by atoms with E-state index in [1.165, 1.54) is 25.7 Å². The van der Waals surface area contributed by atoms with E-state index in [1.54, 1.807) is 0 Å². The summed E-state index contributed by atoms with van der Waals surface area (Å²) in [5.41, 5.74) is 9.04. The van der Waals surface area contributed by atoms with Gasteiger partial charge in [-0.15, -0.1) is 11.3 Å². The lowest BCUT2D eigenvalue weighted by atomic mass is 10.0. The second-order valence-electron chi connectivity index (χ2n) is 12.5. The van der Waals surface area contributed by atoms with Gasteiger partial charge in [-0.25, -0.2) is 9.97 Å². The van der Waals surface area contributed by atoms with Gasteiger partial charge < -0.3 is 4.42 Å². The van der Waals surface area contributed by atoms with E-state index in [0.717, 1.165) is 71.5 Å². The summed E-state index contributed by atoms with van der Waals surface area (Å²) in [6.45, 7) is 0. The molecule has 0 aliphatic carbocycles. The number of furan rings is 1. The summed E-state index contributed by atoms with van der Waals surface area (Å²) in [6.07, 6.45) is 0. The molecule has 0 bridgehead atoms. The summed E-state index contributed by atoms with van der Waals surface area (Å²) >= 11 is 1.85. The summed E-state index contributed by atoms with van der Waals surface area (Å²) < 4.78 is 11.5. The summed E-state index contributed by atoms with van der Waals surface area (Å²) in [4.78, 5) is 10.6. The first kappa shape index (κ1) is 26.7. The number of benzene rings is 7. The second-order valence-corrected chi connectivity index (χ2v) is 13.6. The van der Waals surface area contributed by atoms with Gasteiger partial charge in [0.15, 0.2) is 0 Å². The maximum absolute atomic E-state index is 6.64. The van der Waals surface area contributed by atoms with Gasteiger partial charge in [0.2, 0.25) is 5.95 Å². The third kappa shape index (κ3) is 3.85. The van der Waals surface area contributed by atoms with E-state index in [-0.39, 0.29) is 0 Å². The number of thiophene rings is 1. The monoisotopic (exact) mass is 643 g/mol. The van der Waals surface area contributed by atoms with Crippen LogP contribution in [0.2, 0.25) is 0 Å². The molecule has 0 aliphatic rings. The van der Waals surface area contributed by atoms with Crippen molar-refractivity contribution in [2.75, 3.05) is 0 Å². The molecule has 11 rings (SSSR count). The molecule has 0 unspecified atom stereocenters. The van der Waals surface area contributed by atoms with Crippen molar-refractivity contribution in [1.29, 1.82) is 0 Å². The summed E-state index contributed by atoms with van der Waals surface area (Å²) in [6, 6.07) is 53.5. The lowest BCUT2D eigenvalue weighted by Crippen LogP contribution is -2.03. The summed E-state index contributed by atoms with van der Waals surface area (Å²) in [5.74, 6) is 0.630. The van der Waals surface area contributed by atoms with Crippen molar-refractivity contribution in [2.45, 2.75) is 0 Å². The van der Waals surface area contributed by atoms with E-state index in [4.69, 9.17) is 14.4 Å². The molecule has 0 amide bonds. The lowest BCUT2D eigenvalue weighted by molar-refractivity contribution is 0.673. The van der Waals surface area contributed by atoms with Gasteiger partial charge >= 0.3 is 0 Å². The molecule has 4 nitrogen and oxygen atoms in total. The van der Waals surface area contributed by atoms with Crippen LogP contribution in [0.15, 0.2) is 156 Å². The highest BCUT2D eigenvalue weighted by molar-refractivity contribution is 7.26. The van der Waals surface area contributed by atoms with Gasteiger partial charge in [0.05, 0.1) is 27.6 Å². The standard InChI is InChI=1S/C44H25N3OS/c1-2-11-26(12-3-1)41-33-15-4-7-18-35(33)45-44(46-41)47-36-24-23-31-29-13-5-8-19-38(29)48-42(31)40(36)34-22-21-27(25-37(34)47)28-16-10-17-32-30-14-6-9-20-39(30)49-43(28)32/h1-25H. The van der Waals surface area contributed by atoms with Crippen molar-refractivity contribution in [2.24, 2.45) is 0 Å². The normalized spacial score (nSPS) is 12.1. The van der Waals surface area contributed by atoms with Crippen LogP contribution in [0.5, 0.6) is 0 Å². The minimum absolute atomic E-state index is 0.630. The zero-order valence-corrected chi connectivity index (χ0v) is 26.9. The largest absolute Gasteiger partial charge is 0.455 e. The maximum atomic E-state index is 6.64. The van der Waals surface area contributed by atoms with E-state index in [1.807, 2.05) is 35.6 Å². The van der Waals surface area contributed by atoms with Gasteiger partial charge in [-0.1, -0.05) is 115 Å². The molecule has 0 atom stereocenters. The van der Waals surface area contributed by atoms with Gasteiger partial charge in [-0.05, 0) is 47.5 Å². The smallest absolute Gasteiger partial charge is 0.235 e. The molecule has 11 aromatic rings. The Morgan fingerprint density at radius 2 is 1.27 bits per heavy atom. The van der Waals surface area contributed by atoms with Crippen molar-refractivity contribution >= 4 is 86.2 Å². The lowest BCUT2D eigenvalue weighted by Gasteiger charge is -2.12. The zero-order valence-electron chi connectivity index (χ0n) is 26.1. The Morgan fingerprint density at radius 3 is 2.18 bits per heavy atom. The van der Waals surface area contributed by atoms with Crippen molar-refractivity contribution in [3.63, 3.8) is 0 Å². The summed E-state index contributed by atoms with van der Waals surface area (Å²) in [7, 11) is 0. The molecule has 0 saturated carbocycles. The van der Waals surface area contributed by atoms with Gasteiger partial charge in [0.25, 0.3) is 0 Å². The average molecular weight is 644 g/mol. The third-order valence-electron chi connectivity index (χ3n) is 9.83. The molecular weight excluding hydrogens is 619 g/mol. The Hall–Kier alpha value is -6.30. The molecule has 228 valence electrons. The number of para-hydroxylation sites is 2. The van der Waals surface area contributed by atoms with Gasteiger partial charge in [-0.2, -0.15) is 0 Å². The Labute approximate surface area is 284 Å². The molecule has 4 heterocycles. The van der Waals surface area contributed by atoms with Crippen LogP contribution >= 0.6 is 11.3 Å². The molecule has 0 aliphatic heterocycles. The van der Waals surface area contributed by atoms with E-state index >= 15 is 0 Å². The second kappa shape index (κ2) is 10.1. The van der Waals surface area contributed by atoms with Crippen LogP contribution < -0.4 is 0 Å². The number of nitrogens with zero attached hydrogens (tertiary/aromatic N) is 3. The number of fused-ring (bicyclic) bond motifs is 11. The predicted molar refractivity (Wildman–Crippen MR) is 205 cm³/mol. The predicted octanol–water partition coefficient (Wildman–Crippen LogP) is 12.3. The van der Waals surface area contributed by atoms with Crippen molar-refractivity contribution < 1.29 is 4.42 Å². The number of aromatic nitrogens is 3. The van der Waals surface area contributed by atoms with E-state index in [0.29, 0.717) is 5.95 Å². The molecule has 0 spiro atoms. The van der Waals surface area contributed by atoms with E-state index in [2.05, 4.69) is 132 Å². The van der Waals surface area contributed by atoms with Crippen LogP contribution in [-0.4, -0.2) is 14.5 Å². The molecule has 0 radical (unpaired) electrons. The quantitative estimate of drug-likeness (QED) is 0.192. The Balaban J connectivity index is 1.27. The van der Waals surface area contributed by atoms with Crippen LogP contribution in [0.1, 0.15) is 0 Å². The minimum Gasteiger partial charge on any atom is -0.455 e. The fourth-order valence-corrected chi connectivity index (χ4v) is 8.86. The Kier molecular flexibility index (Phi) is 5.51. The van der Waals surface area contributed by atoms with Crippen LogP contribution in [-0.2, 0) is 0 Å². The topological polar surface area (TPSA) is 43.9 Å². The van der Waals surface area contributed by atoms with Crippen LogP contribution in [0, 0.1) is 0 Å². The number of rotatable bonds is 3. The first-order chi connectivity index (χ1) is 24.3. The molecule has 4 aromatic heterocycles. The molecule has 0 N–H and O–H groups in total. The van der Waals surface area contributed by atoms with Crippen LogP contribution in [0.25, 0.3) is 103 Å². The molecular formula is C44H25N3OS. The van der Waals surface area contributed by atoms with Gasteiger partial charge in [0, 0.05) is 47.3 Å². The van der Waals surface area contributed by atoms with Gasteiger partial charge in [-0.3, -0.25) is 4.57 Å². The highest BCUT2D eigenvalue weighted by atomic mass is 32.1. The highest BCUT2D eigenvalue weighted by Gasteiger charge is 2.22. The molecule has 0 fully saturated rings. The number of hydrogen-bond acceptors (Lipinski definition) is 4. The average Bonchev–Trinajstić information content (AvgIpc) is 3.84. The molecule has 49 heavy (non-hydrogen) atoms. The zero-order chi connectivity index (χ0) is 32.1. The van der Waals surface area contributed by atoms with Crippen molar-refractivity contribution in [1.82, 2.24) is 14.5 Å². The van der Waals surface area contributed by atoms with E-state index < -0.39 is 0 Å². The third-order valence-corrected chi connectivity index (χ3v) is 11.0. The highest BCUT2D eigenvalue weighted by Crippen LogP contribution is 2.44. The fourth-order valence-electron chi connectivity index (χ4n) is 7.62. The minimum atomic E-state index is 0.630. The molecule has 7 aromatic carbocycles. The molecule has 5 heteroatoms. The van der Waals surface area contributed by atoms with Crippen LogP contribution in [0.4, 0.5) is 0 Å². The first-order valence-electron chi connectivity index (χ1n) is 16.4. The van der Waals surface area contributed by atoms with Crippen LogP contribution in [0.3, 0.4) is 0 Å². The van der Waals surface area contributed by atoms with Crippen molar-refractivity contribution in [3.8, 4) is 28.3 Å². The molecule has 0 saturated heterocycles. The van der Waals surface area contributed by atoms with E-state index in [9.17, 15) is 0 Å². The Morgan fingerprint density at radius 1 is 0.510 bits per heavy atom. The van der Waals surface area contributed by atoms with Crippen molar-refractivity contribution in [3.05, 3.63) is 152 Å². The SMILES string of the molecule is c1ccc(-c2nc(-n3c4cc(-c5cccc6c5sc5ccccc56)ccc4c4c5oc6ccccc6c5ccc43)nc3ccccc23)cc1. The number of hydrogen-bond donors (Lipinski definition) is 0. The Bertz CT molecular complexity index is 3110. The first-order valence-corrected chi connectivity index (χ1v) is 17.2.